The normalized spacial score (nSPS) is 10.7. The van der Waals surface area contributed by atoms with E-state index in [9.17, 15) is 19.8 Å². The van der Waals surface area contributed by atoms with E-state index in [1.54, 1.807) is 31.1 Å². The van der Waals surface area contributed by atoms with Crippen molar-refractivity contribution in [3.8, 4) is 22.6 Å². The molecule has 0 fully saturated rings. The number of benzene rings is 1. The molecule has 0 saturated carbocycles. The van der Waals surface area contributed by atoms with Gasteiger partial charge >= 0.3 is 0 Å². The van der Waals surface area contributed by atoms with Gasteiger partial charge in [-0.2, -0.15) is 0 Å². The van der Waals surface area contributed by atoms with E-state index in [0.29, 0.717) is 11.3 Å². The van der Waals surface area contributed by atoms with Crippen LogP contribution < -0.4 is 15.8 Å². The SMILES string of the molecule is CN(C)c1ccc(-c2c(O)c(=O)c2=O)cc1O. The summed E-state index contributed by atoms with van der Waals surface area (Å²) in [6.45, 7) is 0. The lowest BCUT2D eigenvalue weighted by Gasteiger charge is -2.15. The van der Waals surface area contributed by atoms with Gasteiger partial charge < -0.3 is 15.1 Å². The number of rotatable bonds is 2. The third-order valence-corrected chi connectivity index (χ3v) is 2.63. The number of hydrogen-bond donors (Lipinski definition) is 2. The van der Waals surface area contributed by atoms with Gasteiger partial charge in [-0.05, 0) is 17.7 Å². The molecular formula is C12H11NO4. The van der Waals surface area contributed by atoms with Crippen LogP contribution in [0.25, 0.3) is 11.1 Å². The van der Waals surface area contributed by atoms with Crippen molar-refractivity contribution < 1.29 is 10.2 Å². The fourth-order valence-electron chi connectivity index (χ4n) is 1.70. The molecule has 2 rings (SSSR count). The molecule has 0 saturated heterocycles. The maximum atomic E-state index is 11.2. The second kappa shape index (κ2) is 3.62. The summed E-state index contributed by atoms with van der Waals surface area (Å²) in [7, 11) is 3.53. The average molecular weight is 233 g/mol. The molecule has 0 spiro atoms. The molecule has 5 heteroatoms. The fraction of sp³-hybridized carbons (Fsp3) is 0.167. The fourth-order valence-corrected chi connectivity index (χ4v) is 1.70. The summed E-state index contributed by atoms with van der Waals surface area (Å²) < 4.78 is 0. The maximum absolute atomic E-state index is 11.2. The molecule has 2 N–H and O–H groups in total. The highest BCUT2D eigenvalue weighted by Crippen LogP contribution is 2.32. The number of anilines is 1. The molecule has 0 amide bonds. The van der Waals surface area contributed by atoms with Crippen molar-refractivity contribution in [2.24, 2.45) is 0 Å². The highest BCUT2D eigenvalue weighted by molar-refractivity contribution is 5.77. The van der Waals surface area contributed by atoms with Crippen molar-refractivity contribution in [1.82, 2.24) is 0 Å². The minimum absolute atomic E-state index is 0.0139. The number of nitrogens with zero attached hydrogens (tertiary/aromatic N) is 1. The molecule has 0 atom stereocenters. The van der Waals surface area contributed by atoms with Crippen LogP contribution in [0.15, 0.2) is 27.8 Å². The van der Waals surface area contributed by atoms with Crippen LogP contribution in [0.1, 0.15) is 0 Å². The van der Waals surface area contributed by atoms with Crippen LogP contribution in [0.3, 0.4) is 0 Å². The highest BCUT2D eigenvalue weighted by atomic mass is 16.3. The predicted molar refractivity (Wildman–Crippen MR) is 64.4 cm³/mol. The second-order valence-electron chi connectivity index (χ2n) is 3.98. The minimum Gasteiger partial charge on any atom is -0.506 e. The van der Waals surface area contributed by atoms with Gasteiger partial charge in [0, 0.05) is 14.1 Å². The molecule has 2 aromatic rings. The predicted octanol–water partition coefficient (Wildman–Crippen LogP) is 0.427. The smallest absolute Gasteiger partial charge is 0.268 e. The largest absolute Gasteiger partial charge is 0.506 e. The van der Waals surface area contributed by atoms with Crippen LogP contribution >= 0.6 is 0 Å². The van der Waals surface area contributed by atoms with E-state index in [4.69, 9.17) is 0 Å². The van der Waals surface area contributed by atoms with Crippen molar-refractivity contribution in [3.63, 3.8) is 0 Å². The Morgan fingerprint density at radius 2 is 1.71 bits per heavy atom. The molecule has 0 aromatic heterocycles. The molecule has 0 unspecified atom stereocenters. The molecule has 88 valence electrons. The van der Waals surface area contributed by atoms with Gasteiger partial charge in [-0.15, -0.1) is 0 Å². The monoisotopic (exact) mass is 233 g/mol. The lowest BCUT2D eigenvalue weighted by Crippen LogP contribution is -2.31. The Morgan fingerprint density at radius 3 is 2.18 bits per heavy atom. The maximum Gasteiger partial charge on any atom is 0.268 e. The van der Waals surface area contributed by atoms with Gasteiger partial charge in [-0.3, -0.25) is 9.59 Å². The number of phenolic OH excluding ortho intramolecular Hbond substituents is 1. The van der Waals surface area contributed by atoms with Gasteiger partial charge in [-0.25, -0.2) is 0 Å². The van der Waals surface area contributed by atoms with E-state index in [-0.39, 0.29) is 11.3 Å². The Morgan fingerprint density at radius 1 is 1.06 bits per heavy atom. The number of phenols is 1. The molecule has 0 bridgehead atoms. The number of hydrogen-bond acceptors (Lipinski definition) is 5. The van der Waals surface area contributed by atoms with Gasteiger partial charge in [0.2, 0.25) is 5.43 Å². The summed E-state index contributed by atoms with van der Waals surface area (Å²) in [6, 6.07) is 4.54. The van der Waals surface area contributed by atoms with Gasteiger partial charge in [0.05, 0.1) is 11.3 Å². The third-order valence-electron chi connectivity index (χ3n) is 2.63. The summed E-state index contributed by atoms with van der Waals surface area (Å²) in [5, 5.41) is 19.0. The van der Waals surface area contributed by atoms with Gasteiger partial charge in [0.15, 0.2) is 5.75 Å². The standard InChI is InChI=1S/C12H11NO4/c1-13(2)7-4-3-6(5-8(7)14)9-10(15)12(17)11(9)16/h3-5,14-15H,1-2H3. The lowest BCUT2D eigenvalue weighted by atomic mass is 9.99. The van der Waals surface area contributed by atoms with E-state index < -0.39 is 16.6 Å². The van der Waals surface area contributed by atoms with Crippen molar-refractivity contribution in [2.45, 2.75) is 0 Å². The molecule has 0 aliphatic rings. The van der Waals surface area contributed by atoms with Crippen molar-refractivity contribution in [3.05, 3.63) is 38.6 Å². The van der Waals surface area contributed by atoms with E-state index in [2.05, 4.69) is 0 Å². The molecule has 0 aliphatic carbocycles. The molecule has 17 heavy (non-hydrogen) atoms. The second-order valence-corrected chi connectivity index (χ2v) is 3.98. The molecular weight excluding hydrogens is 222 g/mol. The molecule has 0 aliphatic heterocycles. The van der Waals surface area contributed by atoms with Crippen LogP contribution in [0, 0.1) is 0 Å². The summed E-state index contributed by atoms with van der Waals surface area (Å²) >= 11 is 0. The zero-order chi connectivity index (χ0) is 12.7. The minimum atomic E-state index is -0.879. The van der Waals surface area contributed by atoms with Crippen molar-refractivity contribution in [1.29, 1.82) is 0 Å². The van der Waals surface area contributed by atoms with Crippen LogP contribution in [-0.2, 0) is 0 Å². The quantitative estimate of drug-likeness (QED) is 0.735. The van der Waals surface area contributed by atoms with Crippen LogP contribution in [0.2, 0.25) is 0 Å². The van der Waals surface area contributed by atoms with Crippen LogP contribution in [0.4, 0.5) is 5.69 Å². The van der Waals surface area contributed by atoms with Crippen molar-refractivity contribution >= 4 is 5.69 Å². The molecule has 2 aromatic carbocycles. The molecule has 5 nitrogen and oxygen atoms in total. The topological polar surface area (TPSA) is 77.8 Å². The summed E-state index contributed by atoms with van der Waals surface area (Å²) in [5.41, 5.74) is -0.701. The highest BCUT2D eigenvalue weighted by Gasteiger charge is 2.22. The Labute approximate surface area is 96.9 Å². The van der Waals surface area contributed by atoms with Crippen LogP contribution in [-0.4, -0.2) is 24.3 Å². The first-order chi connectivity index (χ1) is 7.93. The number of aromatic hydroxyl groups is 2. The van der Waals surface area contributed by atoms with Gasteiger partial charge in [0.1, 0.15) is 5.75 Å². The average Bonchev–Trinajstić information content (AvgIpc) is 2.28. The summed E-state index contributed by atoms with van der Waals surface area (Å²) in [4.78, 5) is 23.8. The van der Waals surface area contributed by atoms with Gasteiger partial charge in [0.25, 0.3) is 5.43 Å². The summed E-state index contributed by atoms with van der Waals surface area (Å²) in [5.74, 6) is -0.549. The first-order valence-corrected chi connectivity index (χ1v) is 4.96. The lowest BCUT2D eigenvalue weighted by molar-refractivity contribution is 0.465. The molecule has 0 radical (unpaired) electrons. The zero-order valence-electron chi connectivity index (χ0n) is 9.39. The van der Waals surface area contributed by atoms with Crippen LogP contribution in [0.5, 0.6) is 11.5 Å². The Hall–Kier alpha value is -2.30. The van der Waals surface area contributed by atoms with Crippen molar-refractivity contribution in [2.75, 3.05) is 19.0 Å². The Balaban J connectivity index is 2.54. The zero-order valence-corrected chi connectivity index (χ0v) is 9.39. The van der Waals surface area contributed by atoms with E-state index in [0.717, 1.165) is 0 Å². The molecule has 0 heterocycles. The third kappa shape index (κ3) is 1.56. The first kappa shape index (κ1) is 11.2. The van der Waals surface area contributed by atoms with E-state index >= 15 is 0 Å². The van der Waals surface area contributed by atoms with E-state index in [1.165, 1.54) is 6.07 Å². The van der Waals surface area contributed by atoms with Gasteiger partial charge in [-0.1, -0.05) is 6.07 Å². The Kier molecular flexibility index (Phi) is 2.38. The Bertz CT molecular complexity index is 651. The summed E-state index contributed by atoms with van der Waals surface area (Å²) in [6.07, 6.45) is 0. The van der Waals surface area contributed by atoms with E-state index in [1.807, 2.05) is 0 Å². The first-order valence-electron chi connectivity index (χ1n) is 4.96.